The molecule has 0 aromatic heterocycles. The summed E-state index contributed by atoms with van der Waals surface area (Å²) in [4.78, 5) is 0. The molecule has 4 aromatic carbocycles. The lowest BCUT2D eigenvalue weighted by atomic mass is 9.98. The SMILES string of the molecule is OB(O)Oc1ccc2cc(-c3ccc(-c4ccccc4)cc3)ccc2c1. The highest BCUT2D eigenvalue weighted by atomic mass is 16.6. The summed E-state index contributed by atoms with van der Waals surface area (Å²) in [5, 5.41) is 19.9. The van der Waals surface area contributed by atoms with Gasteiger partial charge in [-0.25, -0.2) is 0 Å². The lowest BCUT2D eigenvalue weighted by molar-refractivity contribution is 0.288. The molecule has 0 spiro atoms. The van der Waals surface area contributed by atoms with Crippen molar-refractivity contribution >= 4 is 18.1 Å². The summed E-state index contributed by atoms with van der Waals surface area (Å²) in [5.41, 5.74) is 4.68. The average Bonchev–Trinajstić information content (AvgIpc) is 2.68. The minimum atomic E-state index is -1.81. The maximum atomic E-state index is 8.91. The molecule has 4 aromatic rings. The van der Waals surface area contributed by atoms with Crippen molar-refractivity contribution in [1.82, 2.24) is 0 Å². The van der Waals surface area contributed by atoms with Gasteiger partial charge in [0, 0.05) is 0 Å². The predicted molar refractivity (Wildman–Crippen MR) is 106 cm³/mol. The first-order valence-corrected chi connectivity index (χ1v) is 8.41. The van der Waals surface area contributed by atoms with Gasteiger partial charge in [0.25, 0.3) is 0 Å². The van der Waals surface area contributed by atoms with E-state index in [0.717, 1.165) is 21.9 Å². The molecule has 0 bridgehead atoms. The Kier molecular flexibility index (Phi) is 4.44. The van der Waals surface area contributed by atoms with Crippen molar-refractivity contribution < 1.29 is 14.7 Å². The molecule has 0 unspecified atom stereocenters. The molecule has 0 fully saturated rings. The van der Waals surface area contributed by atoms with Gasteiger partial charge in [-0.05, 0) is 51.2 Å². The Morgan fingerprint density at radius 2 is 1.08 bits per heavy atom. The van der Waals surface area contributed by atoms with E-state index in [1.807, 2.05) is 30.3 Å². The van der Waals surface area contributed by atoms with E-state index < -0.39 is 7.32 Å². The predicted octanol–water partition coefficient (Wildman–Crippen LogP) is 4.52. The van der Waals surface area contributed by atoms with Crippen molar-refractivity contribution in [2.75, 3.05) is 0 Å². The van der Waals surface area contributed by atoms with Crippen LogP contribution in [0.1, 0.15) is 0 Å². The van der Waals surface area contributed by atoms with E-state index in [-0.39, 0.29) is 0 Å². The van der Waals surface area contributed by atoms with Crippen LogP contribution in [0.2, 0.25) is 0 Å². The van der Waals surface area contributed by atoms with Crippen molar-refractivity contribution in [2.45, 2.75) is 0 Å². The molecule has 0 amide bonds. The van der Waals surface area contributed by atoms with Crippen molar-refractivity contribution in [3.63, 3.8) is 0 Å². The smallest absolute Gasteiger partial charge is 0.512 e. The van der Waals surface area contributed by atoms with Gasteiger partial charge in [0.15, 0.2) is 0 Å². The molecule has 4 rings (SSSR count). The quantitative estimate of drug-likeness (QED) is 0.537. The van der Waals surface area contributed by atoms with Crippen LogP contribution in [0.15, 0.2) is 91.0 Å². The topological polar surface area (TPSA) is 49.7 Å². The summed E-state index contributed by atoms with van der Waals surface area (Å²) in [6.45, 7) is 0. The molecule has 126 valence electrons. The van der Waals surface area contributed by atoms with Crippen LogP contribution in [-0.2, 0) is 0 Å². The molecule has 0 saturated carbocycles. The molecule has 0 aliphatic rings. The van der Waals surface area contributed by atoms with Crippen LogP contribution in [0.3, 0.4) is 0 Å². The molecule has 26 heavy (non-hydrogen) atoms. The Labute approximate surface area is 152 Å². The lowest BCUT2D eigenvalue weighted by Gasteiger charge is -2.09. The highest BCUT2D eigenvalue weighted by Gasteiger charge is 2.11. The first kappa shape index (κ1) is 16.4. The Hall–Kier alpha value is -3.08. The zero-order chi connectivity index (χ0) is 17.9. The third-order valence-electron chi connectivity index (χ3n) is 4.38. The summed E-state index contributed by atoms with van der Waals surface area (Å²) >= 11 is 0. The first-order valence-electron chi connectivity index (χ1n) is 8.41. The maximum Gasteiger partial charge on any atom is 0.707 e. The Morgan fingerprint density at radius 1 is 0.538 bits per heavy atom. The summed E-state index contributed by atoms with van der Waals surface area (Å²) in [5.74, 6) is 0.424. The van der Waals surface area contributed by atoms with Crippen LogP contribution < -0.4 is 4.65 Å². The average molecular weight is 340 g/mol. The normalized spacial score (nSPS) is 10.7. The maximum absolute atomic E-state index is 8.91. The second-order valence-corrected chi connectivity index (χ2v) is 6.11. The van der Waals surface area contributed by atoms with Gasteiger partial charge in [-0.15, -0.1) is 0 Å². The lowest BCUT2D eigenvalue weighted by Crippen LogP contribution is -2.20. The van der Waals surface area contributed by atoms with Crippen molar-refractivity contribution in [2.24, 2.45) is 0 Å². The fourth-order valence-corrected chi connectivity index (χ4v) is 3.08. The van der Waals surface area contributed by atoms with Gasteiger partial charge in [-0.2, -0.15) is 0 Å². The number of fused-ring (bicyclic) bond motifs is 1. The van der Waals surface area contributed by atoms with E-state index in [1.54, 1.807) is 12.1 Å². The third-order valence-corrected chi connectivity index (χ3v) is 4.38. The fourth-order valence-electron chi connectivity index (χ4n) is 3.08. The Bertz CT molecular complexity index is 1030. The van der Waals surface area contributed by atoms with E-state index >= 15 is 0 Å². The molecule has 0 saturated heterocycles. The van der Waals surface area contributed by atoms with Crippen LogP contribution in [0.25, 0.3) is 33.0 Å². The molecule has 0 atom stereocenters. The zero-order valence-corrected chi connectivity index (χ0v) is 14.0. The second kappa shape index (κ2) is 7.04. The van der Waals surface area contributed by atoms with Gasteiger partial charge in [-0.3, -0.25) is 0 Å². The molecule has 4 heteroatoms. The van der Waals surface area contributed by atoms with Crippen molar-refractivity contribution in [3.8, 4) is 28.0 Å². The monoisotopic (exact) mass is 340 g/mol. The van der Waals surface area contributed by atoms with Gasteiger partial charge >= 0.3 is 7.32 Å². The van der Waals surface area contributed by atoms with Crippen LogP contribution in [0, 0.1) is 0 Å². The molecule has 0 aliphatic heterocycles. The highest BCUT2D eigenvalue weighted by molar-refractivity contribution is 6.33. The first-order chi connectivity index (χ1) is 12.7. The second-order valence-electron chi connectivity index (χ2n) is 6.11. The minimum Gasteiger partial charge on any atom is -0.512 e. The van der Waals surface area contributed by atoms with Gasteiger partial charge in [-0.1, -0.05) is 72.8 Å². The summed E-state index contributed by atoms with van der Waals surface area (Å²) in [7, 11) is -1.81. The molecule has 0 aliphatic carbocycles. The molecule has 3 nitrogen and oxygen atoms in total. The van der Waals surface area contributed by atoms with Crippen LogP contribution in [0.5, 0.6) is 5.75 Å². The molecule has 0 heterocycles. The van der Waals surface area contributed by atoms with Gasteiger partial charge in [0.1, 0.15) is 5.75 Å². The number of benzene rings is 4. The number of hydrogen-bond donors (Lipinski definition) is 2. The minimum absolute atomic E-state index is 0.424. The Balaban J connectivity index is 1.64. The van der Waals surface area contributed by atoms with E-state index in [4.69, 9.17) is 14.7 Å². The Morgan fingerprint density at radius 3 is 1.77 bits per heavy atom. The number of hydrogen-bond acceptors (Lipinski definition) is 3. The van der Waals surface area contributed by atoms with Crippen molar-refractivity contribution in [3.05, 3.63) is 91.0 Å². The fraction of sp³-hybridized carbons (Fsp3) is 0. The summed E-state index contributed by atoms with van der Waals surface area (Å²) in [6.07, 6.45) is 0. The highest BCUT2D eigenvalue weighted by Crippen LogP contribution is 2.29. The van der Waals surface area contributed by atoms with Crippen LogP contribution >= 0.6 is 0 Å². The van der Waals surface area contributed by atoms with Crippen LogP contribution in [-0.4, -0.2) is 17.4 Å². The standard InChI is InChI=1S/C22H17BO3/c24-23(25)26-22-13-12-20-14-19(10-11-21(20)15-22)18-8-6-17(7-9-18)16-4-2-1-3-5-16/h1-15,24-25H. The van der Waals surface area contributed by atoms with E-state index in [0.29, 0.717) is 5.75 Å². The number of rotatable bonds is 4. The third kappa shape index (κ3) is 3.47. The van der Waals surface area contributed by atoms with Crippen LogP contribution in [0.4, 0.5) is 0 Å². The van der Waals surface area contributed by atoms with E-state index in [1.165, 1.54) is 11.1 Å². The van der Waals surface area contributed by atoms with Gasteiger partial charge < -0.3 is 14.7 Å². The summed E-state index contributed by atoms with van der Waals surface area (Å²) in [6, 6.07) is 30.4. The van der Waals surface area contributed by atoms with E-state index in [2.05, 4.69) is 48.5 Å². The van der Waals surface area contributed by atoms with E-state index in [9.17, 15) is 0 Å². The van der Waals surface area contributed by atoms with Crippen molar-refractivity contribution in [1.29, 1.82) is 0 Å². The molecular weight excluding hydrogens is 323 g/mol. The summed E-state index contributed by atoms with van der Waals surface area (Å²) < 4.78 is 4.90. The largest absolute Gasteiger partial charge is 0.707 e. The molecule has 2 N–H and O–H groups in total. The van der Waals surface area contributed by atoms with Gasteiger partial charge in [0.05, 0.1) is 0 Å². The zero-order valence-electron chi connectivity index (χ0n) is 14.0. The molecular formula is C22H17BO3. The van der Waals surface area contributed by atoms with Gasteiger partial charge in [0.2, 0.25) is 0 Å². The molecule has 0 radical (unpaired) electrons.